The quantitative estimate of drug-likeness (QED) is 0.907. The molecule has 3 nitrogen and oxygen atoms in total. The van der Waals surface area contributed by atoms with Crippen LogP contribution in [0.5, 0.6) is 0 Å². The zero-order valence-electron chi connectivity index (χ0n) is 12.7. The highest BCUT2D eigenvalue weighted by Crippen LogP contribution is 2.15. The molecule has 0 bridgehead atoms. The van der Waals surface area contributed by atoms with E-state index < -0.39 is 0 Å². The molecule has 0 spiro atoms. The van der Waals surface area contributed by atoms with E-state index in [9.17, 15) is 0 Å². The lowest BCUT2D eigenvalue weighted by Crippen LogP contribution is -2.18. The van der Waals surface area contributed by atoms with Crippen LogP contribution in [0.2, 0.25) is 0 Å². The lowest BCUT2D eigenvalue weighted by molar-refractivity contribution is 0.331. The highest BCUT2D eigenvalue weighted by molar-refractivity contribution is 5.44. The molecule has 3 heteroatoms. The molecule has 1 aromatic carbocycles. The number of pyridine rings is 1. The molecular formula is C18H23N3. The van der Waals surface area contributed by atoms with Gasteiger partial charge in [0.15, 0.2) is 0 Å². The van der Waals surface area contributed by atoms with Crippen molar-refractivity contribution >= 4 is 5.69 Å². The van der Waals surface area contributed by atoms with E-state index in [1.165, 1.54) is 37.1 Å². The van der Waals surface area contributed by atoms with Gasteiger partial charge in [0.2, 0.25) is 0 Å². The third-order valence-corrected chi connectivity index (χ3v) is 4.01. The number of nitrogens with one attached hydrogen (secondary N) is 1. The highest BCUT2D eigenvalue weighted by atomic mass is 15.1. The van der Waals surface area contributed by atoms with Crippen LogP contribution in [0.3, 0.4) is 0 Å². The van der Waals surface area contributed by atoms with Crippen LogP contribution in [0, 0.1) is 6.92 Å². The third-order valence-electron chi connectivity index (χ3n) is 4.01. The van der Waals surface area contributed by atoms with Gasteiger partial charge >= 0.3 is 0 Å². The number of aryl methyl sites for hydroxylation is 1. The molecule has 0 saturated carbocycles. The molecule has 1 fully saturated rings. The summed E-state index contributed by atoms with van der Waals surface area (Å²) in [6, 6.07) is 13.0. The van der Waals surface area contributed by atoms with E-state index in [1.807, 2.05) is 6.20 Å². The van der Waals surface area contributed by atoms with E-state index >= 15 is 0 Å². The summed E-state index contributed by atoms with van der Waals surface area (Å²) >= 11 is 0. The van der Waals surface area contributed by atoms with Gasteiger partial charge in [-0.25, -0.2) is 0 Å². The van der Waals surface area contributed by atoms with Gasteiger partial charge in [-0.3, -0.25) is 9.88 Å². The zero-order chi connectivity index (χ0) is 14.5. The minimum absolute atomic E-state index is 0.770. The van der Waals surface area contributed by atoms with Crippen molar-refractivity contribution in [1.29, 1.82) is 0 Å². The molecular weight excluding hydrogens is 258 g/mol. The van der Waals surface area contributed by atoms with Gasteiger partial charge in [0.05, 0.1) is 12.2 Å². The number of hydrogen-bond donors (Lipinski definition) is 1. The predicted octanol–water partition coefficient (Wildman–Crippen LogP) is 3.60. The maximum absolute atomic E-state index is 4.41. The number of hydrogen-bond acceptors (Lipinski definition) is 3. The Morgan fingerprint density at radius 1 is 1.05 bits per heavy atom. The van der Waals surface area contributed by atoms with E-state index in [0.717, 1.165) is 24.5 Å². The van der Waals surface area contributed by atoms with Crippen LogP contribution in [0.15, 0.2) is 42.6 Å². The molecule has 2 heterocycles. The molecule has 21 heavy (non-hydrogen) atoms. The van der Waals surface area contributed by atoms with E-state index in [4.69, 9.17) is 0 Å². The molecule has 0 amide bonds. The molecule has 0 unspecified atom stereocenters. The molecule has 1 aliphatic heterocycles. The molecule has 0 radical (unpaired) electrons. The molecule has 1 aliphatic rings. The average Bonchev–Trinajstić information content (AvgIpc) is 3.01. The maximum atomic E-state index is 4.41. The van der Waals surface area contributed by atoms with Crippen molar-refractivity contribution in [2.45, 2.75) is 32.9 Å². The van der Waals surface area contributed by atoms with Crippen LogP contribution in [0.1, 0.15) is 29.7 Å². The zero-order valence-corrected chi connectivity index (χ0v) is 12.7. The fraction of sp³-hybridized carbons (Fsp3) is 0.389. The molecule has 1 saturated heterocycles. The van der Waals surface area contributed by atoms with Gasteiger partial charge < -0.3 is 5.32 Å². The summed E-state index contributed by atoms with van der Waals surface area (Å²) in [6.07, 6.45) is 4.61. The topological polar surface area (TPSA) is 28.2 Å². The second-order valence-corrected chi connectivity index (χ2v) is 5.86. The standard InChI is InChI=1S/C18H23N3/c1-15-4-7-18(19-12-15)13-20-17-8-5-16(6-9-17)14-21-10-2-3-11-21/h4-9,12,20H,2-3,10-11,13-14H2,1H3. The molecule has 2 aromatic rings. The van der Waals surface area contributed by atoms with Crippen molar-refractivity contribution in [3.63, 3.8) is 0 Å². The summed E-state index contributed by atoms with van der Waals surface area (Å²) < 4.78 is 0. The molecule has 3 rings (SSSR count). The van der Waals surface area contributed by atoms with Gasteiger partial charge in [0.25, 0.3) is 0 Å². The van der Waals surface area contributed by atoms with Crippen molar-refractivity contribution in [1.82, 2.24) is 9.88 Å². The Labute approximate surface area is 127 Å². The Hall–Kier alpha value is -1.87. The van der Waals surface area contributed by atoms with Gasteiger partial charge in [-0.2, -0.15) is 0 Å². The summed E-state index contributed by atoms with van der Waals surface area (Å²) in [4.78, 5) is 6.94. The normalized spacial score (nSPS) is 15.3. The van der Waals surface area contributed by atoms with Crippen LogP contribution in [-0.4, -0.2) is 23.0 Å². The van der Waals surface area contributed by atoms with Gasteiger partial charge in [0.1, 0.15) is 0 Å². The molecule has 1 N–H and O–H groups in total. The predicted molar refractivity (Wildman–Crippen MR) is 87.3 cm³/mol. The van der Waals surface area contributed by atoms with Crippen LogP contribution in [0.25, 0.3) is 0 Å². The van der Waals surface area contributed by atoms with Gasteiger partial charge in [-0.15, -0.1) is 0 Å². The largest absolute Gasteiger partial charge is 0.379 e. The molecule has 0 atom stereocenters. The lowest BCUT2D eigenvalue weighted by Gasteiger charge is -2.15. The number of aromatic nitrogens is 1. The minimum Gasteiger partial charge on any atom is -0.379 e. The first-order chi connectivity index (χ1) is 10.3. The SMILES string of the molecule is Cc1ccc(CNc2ccc(CN3CCCC3)cc2)nc1. The Balaban J connectivity index is 1.52. The number of benzene rings is 1. The molecule has 0 aliphatic carbocycles. The third kappa shape index (κ3) is 4.05. The first-order valence-electron chi connectivity index (χ1n) is 7.76. The van der Waals surface area contributed by atoms with Crippen LogP contribution >= 0.6 is 0 Å². The smallest absolute Gasteiger partial charge is 0.0594 e. The Morgan fingerprint density at radius 3 is 2.48 bits per heavy atom. The van der Waals surface area contributed by atoms with Crippen molar-refractivity contribution < 1.29 is 0 Å². The van der Waals surface area contributed by atoms with Crippen LogP contribution < -0.4 is 5.32 Å². The average molecular weight is 281 g/mol. The lowest BCUT2D eigenvalue weighted by atomic mass is 10.2. The maximum Gasteiger partial charge on any atom is 0.0594 e. The Bertz CT molecular complexity index is 554. The van der Waals surface area contributed by atoms with Crippen molar-refractivity contribution in [2.75, 3.05) is 18.4 Å². The summed E-state index contributed by atoms with van der Waals surface area (Å²) in [5.41, 5.74) is 4.82. The monoisotopic (exact) mass is 281 g/mol. The highest BCUT2D eigenvalue weighted by Gasteiger charge is 2.11. The first kappa shape index (κ1) is 14.1. The first-order valence-corrected chi connectivity index (χ1v) is 7.76. The summed E-state index contributed by atoms with van der Waals surface area (Å²) in [5.74, 6) is 0. The van der Waals surface area contributed by atoms with E-state index in [0.29, 0.717) is 0 Å². The van der Waals surface area contributed by atoms with E-state index in [2.05, 4.69) is 58.5 Å². The fourth-order valence-corrected chi connectivity index (χ4v) is 2.72. The summed E-state index contributed by atoms with van der Waals surface area (Å²) in [5, 5.41) is 3.43. The van der Waals surface area contributed by atoms with Gasteiger partial charge in [-0.1, -0.05) is 18.2 Å². The van der Waals surface area contributed by atoms with Crippen LogP contribution in [-0.2, 0) is 13.1 Å². The second-order valence-electron chi connectivity index (χ2n) is 5.86. The van der Waals surface area contributed by atoms with Crippen molar-refractivity contribution in [3.05, 3.63) is 59.4 Å². The van der Waals surface area contributed by atoms with E-state index in [1.54, 1.807) is 0 Å². The number of nitrogens with zero attached hydrogens (tertiary/aromatic N) is 2. The fourth-order valence-electron chi connectivity index (χ4n) is 2.72. The summed E-state index contributed by atoms with van der Waals surface area (Å²) in [6.45, 7) is 6.41. The molecule has 1 aromatic heterocycles. The van der Waals surface area contributed by atoms with Crippen molar-refractivity contribution in [2.24, 2.45) is 0 Å². The molecule has 110 valence electrons. The summed E-state index contributed by atoms with van der Waals surface area (Å²) in [7, 11) is 0. The number of likely N-dealkylation sites (tertiary alicyclic amines) is 1. The van der Waals surface area contributed by atoms with Crippen LogP contribution in [0.4, 0.5) is 5.69 Å². The van der Waals surface area contributed by atoms with Gasteiger partial charge in [-0.05, 0) is 62.2 Å². The Kier molecular flexibility index (Phi) is 4.51. The van der Waals surface area contributed by atoms with E-state index in [-0.39, 0.29) is 0 Å². The second kappa shape index (κ2) is 6.72. The van der Waals surface area contributed by atoms with Gasteiger partial charge in [0, 0.05) is 18.4 Å². The number of rotatable bonds is 5. The van der Waals surface area contributed by atoms with Crippen molar-refractivity contribution in [3.8, 4) is 0 Å². The number of anilines is 1. The minimum atomic E-state index is 0.770. The Morgan fingerprint density at radius 2 is 1.81 bits per heavy atom.